The van der Waals surface area contributed by atoms with Crippen LogP contribution in [0.1, 0.15) is 19.3 Å². The van der Waals surface area contributed by atoms with Gasteiger partial charge in [0.25, 0.3) is 0 Å². The van der Waals surface area contributed by atoms with Gasteiger partial charge in [-0.15, -0.1) is 0 Å². The van der Waals surface area contributed by atoms with Crippen molar-refractivity contribution < 1.29 is 4.74 Å². The second kappa shape index (κ2) is 5.82. The second-order valence-electron chi connectivity index (χ2n) is 4.44. The average molecular weight is 236 g/mol. The van der Waals surface area contributed by atoms with Gasteiger partial charge in [-0.1, -0.05) is 0 Å². The highest BCUT2D eigenvalue weighted by molar-refractivity contribution is 5.36. The molecule has 2 rings (SSSR count). The molecule has 1 aliphatic rings. The molecule has 17 heavy (non-hydrogen) atoms. The van der Waals surface area contributed by atoms with Crippen molar-refractivity contribution in [1.29, 1.82) is 0 Å². The van der Waals surface area contributed by atoms with Gasteiger partial charge in [-0.25, -0.2) is 9.97 Å². The number of likely N-dealkylation sites (tertiary alicyclic amines) is 1. The molecule has 5 nitrogen and oxygen atoms in total. The molecular weight excluding hydrogens is 216 g/mol. The summed E-state index contributed by atoms with van der Waals surface area (Å²) in [4.78, 5) is 10.6. The standard InChI is InChI=1S/C12H20N4O/c1-16-7-3-4-10(16)5-6-13-11-8-12(17-2)15-9-14-11/h8-10H,3-7H2,1-2H3,(H,13,14,15)/t10-/m1/s1. The van der Waals surface area contributed by atoms with Gasteiger partial charge < -0.3 is 15.0 Å². The van der Waals surface area contributed by atoms with Gasteiger partial charge in [-0.05, 0) is 32.9 Å². The Hall–Kier alpha value is -1.36. The van der Waals surface area contributed by atoms with Crippen LogP contribution in [-0.2, 0) is 0 Å². The number of methoxy groups -OCH3 is 1. The summed E-state index contributed by atoms with van der Waals surface area (Å²) in [5.41, 5.74) is 0. The Morgan fingerprint density at radius 3 is 3.12 bits per heavy atom. The van der Waals surface area contributed by atoms with Gasteiger partial charge in [0.05, 0.1) is 7.11 Å². The van der Waals surface area contributed by atoms with Crippen molar-refractivity contribution in [3.8, 4) is 5.88 Å². The Balaban J connectivity index is 1.77. The van der Waals surface area contributed by atoms with Gasteiger partial charge >= 0.3 is 0 Å². The molecular formula is C12H20N4O. The van der Waals surface area contributed by atoms with Crippen molar-refractivity contribution in [1.82, 2.24) is 14.9 Å². The van der Waals surface area contributed by atoms with E-state index in [-0.39, 0.29) is 0 Å². The molecule has 94 valence electrons. The number of hydrogen-bond donors (Lipinski definition) is 1. The van der Waals surface area contributed by atoms with E-state index in [1.165, 1.54) is 25.7 Å². The first-order valence-corrected chi connectivity index (χ1v) is 6.10. The van der Waals surface area contributed by atoms with Crippen molar-refractivity contribution in [3.63, 3.8) is 0 Å². The van der Waals surface area contributed by atoms with E-state index in [2.05, 4.69) is 27.2 Å². The van der Waals surface area contributed by atoms with E-state index in [0.717, 1.165) is 18.8 Å². The maximum absolute atomic E-state index is 5.05. The van der Waals surface area contributed by atoms with Crippen LogP contribution in [0.4, 0.5) is 5.82 Å². The van der Waals surface area contributed by atoms with Crippen molar-refractivity contribution >= 4 is 5.82 Å². The number of nitrogens with zero attached hydrogens (tertiary/aromatic N) is 3. The molecule has 0 unspecified atom stereocenters. The third kappa shape index (κ3) is 3.30. The summed E-state index contributed by atoms with van der Waals surface area (Å²) in [6.45, 7) is 2.17. The molecule has 1 fully saturated rings. The van der Waals surface area contributed by atoms with Crippen LogP contribution in [0.25, 0.3) is 0 Å². The average Bonchev–Trinajstić information content (AvgIpc) is 2.76. The van der Waals surface area contributed by atoms with Crippen LogP contribution in [0.15, 0.2) is 12.4 Å². The molecule has 0 amide bonds. The summed E-state index contributed by atoms with van der Waals surface area (Å²) in [5.74, 6) is 1.43. The lowest BCUT2D eigenvalue weighted by Gasteiger charge is -2.19. The topological polar surface area (TPSA) is 50.3 Å². The third-order valence-electron chi connectivity index (χ3n) is 3.31. The molecule has 0 bridgehead atoms. The minimum Gasteiger partial charge on any atom is -0.481 e. The van der Waals surface area contributed by atoms with Gasteiger partial charge in [0.15, 0.2) is 0 Å². The molecule has 1 atom stereocenters. The van der Waals surface area contributed by atoms with E-state index in [0.29, 0.717) is 11.9 Å². The predicted octanol–water partition coefficient (Wildman–Crippen LogP) is 1.38. The molecule has 0 spiro atoms. The molecule has 1 aromatic rings. The Labute approximate surface area is 102 Å². The highest BCUT2D eigenvalue weighted by Gasteiger charge is 2.19. The van der Waals surface area contributed by atoms with Crippen LogP contribution in [0.3, 0.4) is 0 Å². The van der Waals surface area contributed by atoms with E-state index in [1.54, 1.807) is 7.11 Å². The van der Waals surface area contributed by atoms with Crippen molar-refractivity contribution in [3.05, 3.63) is 12.4 Å². The first kappa shape index (κ1) is 12.1. The number of rotatable bonds is 5. The van der Waals surface area contributed by atoms with Crippen LogP contribution in [0, 0.1) is 0 Å². The summed E-state index contributed by atoms with van der Waals surface area (Å²) in [5, 5.41) is 3.31. The molecule has 0 aliphatic carbocycles. The smallest absolute Gasteiger partial charge is 0.218 e. The molecule has 0 saturated carbocycles. The van der Waals surface area contributed by atoms with E-state index in [4.69, 9.17) is 4.74 Å². The first-order valence-electron chi connectivity index (χ1n) is 6.10. The fourth-order valence-corrected chi connectivity index (χ4v) is 2.26. The lowest BCUT2D eigenvalue weighted by molar-refractivity contribution is 0.301. The first-order chi connectivity index (χ1) is 8.29. The monoisotopic (exact) mass is 236 g/mol. The van der Waals surface area contributed by atoms with Gasteiger partial charge in [0.2, 0.25) is 5.88 Å². The molecule has 5 heteroatoms. The molecule has 1 saturated heterocycles. The van der Waals surface area contributed by atoms with Crippen molar-refractivity contribution in [2.45, 2.75) is 25.3 Å². The number of aromatic nitrogens is 2. The van der Waals surface area contributed by atoms with Crippen LogP contribution in [-0.4, -0.2) is 48.2 Å². The minimum atomic E-state index is 0.598. The summed E-state index contributed by atoms with van der Waals surface area (Å²) >= 11 is 0. The maximum atomic E-state index is 5.05. The molecule has 1 N–H and O–H groups in total. The van der Waals surface area contributed by atoms with E-state index < -0.39 is 0 Å². The molecule has 2 heterocycles. The summed E-state index contributed by atoms with van der Waals surface area (Å²) in [6.07, 6.45) is 5.31. The van der Waals surface area contributed by atoms with Gasteiger partial charge in [-0.3, -0.25) is 0 Å². The largest absolute Gasteiger partial charge is 0.481 e. The Bertz CT molecular complexity index is 358. The van der Waals surface area contributed by atoms with E-state index in [1.807, 2.05) is 6.07 Å². The summed E-state index contributed by atoms with van der Waals surface area (Å²) in [6, 6.07) is 2.53. The number of anilines is 1. The highest BCUT2D eigenvalue weighted by atomic mass is 16.5. The lowest BCUT2D eigenvalue weighted by atomic mass is 10.1. The van der Waals surface area contributed by atoms with Gasteiger partial charge in [0.1, 0.15) is 12.1 Å². The van der Waals surface area contributed by atoms with Crippen molar-refractivity contribution in [2.75, 3.05) is 32.6 Å². The Kier molecular flexibility index (Phi) is 4.14. The Morgan fingerprint density at radius 1 is 1.53 bits per heavy atom. The van der Waals surface area contributed by atoms with E-state index >= 15 is 0 Å². The van der Waals surface area contributed by atoms with Crippen LogP contribution in [0.5, 0.6) is 5.88 Å². The molecule has 0 radical (unpaired) electrons. The number of nitrogens with one attached hydrogen (secondary N) is 1. The third-order valence-corrected chi connectivity index (χ3v) is 3.31. The van der Waals surface area contributed by atoms with Crippen LogP contribution < -0.4 is 10.1 Å². The fraction of sp³-hybridized carbons (Fsp3) is 0.667. The SMILES string of the molecule is COc1cc(NCC[C@H]2CCCN2C)ncn1. The second-order valence-corrected chi connectivity index (χ2v) is 4.44. The van der Waals surface area contributed by atoms with Crippen LogP contribution in [0.2, 0.25) is 0 Å². The minimum absolute atomic E-state index is 0.598. The predicted molar refractivity (Wildman–Crippen MR) is 67.3 cm³/mol. The summed E-state index contributed by atoms with van der Waals surface area (Å²) < 4.78 is 5.05. The van der Waals surface area contributed by atoms with E-state index in [9.17, 15) is 0 Å². The van der Waals surface area contributed by atoms with Crippen molar-refractivity contribution in [2.24, 2.45) is 0 Å². The Morgan fingerprint density at radius 2 is 2.41 bits per heavy atom. The zero-order valence-electron chi connectivity index (χ0n) is 10.5. The molecule has 1 aliphatic heterocycles. The zero-order valence-corrected chi connectivity index (χ0v) is 10.5. The molecule has 1 aromatic heterocycles. The fourth-order valence-electron chi connectivity index (χ4n) is 2.26. The molecule has 0 aromatic carbocycles. The van der Waals surface area contributed by atoms with Gasteiger partial charge in [0, 0.05) is 18.7 Å². The maximum Gasteiger partial charge on any atom is 0.218 e. The lowest BCUT2D eigenvalue weighted by Crippen LogP contribution is -2.27. The zero-order chi connectivity index (χ0) is 12.1. The van der Waals surface area contributed by atoms with Gasteiger partial charge in [-0.2, -0.15) is 0 Å². The number of ether oxygens (including phenoxy) is 1. The van der Waals surface area contributed by atoms with Crippen LogP contribution >= 0.6 is 0 Å². The summed E-state index contributed by atoms with van der Waals surface area (Å²) in [7, 11) is 3.81. The normalized spacial score (nSPS) is 20.5. The number of hydrogen-bond acceptors (Lipinski definition) is 5. The quantitative estimate of drug-likeness (QED) is 0.837. The highest BCUT2D eigenvalue weighted by Crippen LogP contribution is 2.18.